The second-order valence-electron chi connectivity index (χ2n) is 8.26. The summed E-state index contributed by atoms with van der Waals surface area (Å²) in [4.78, 5) is 27.2. The van der Waals surface area contributed by atoms with Crippen LogP contribution >= 0.6 is 22.6 Å². The van der Waals surface area contributed by atoms with Crippen molar-refractivity contribution in [2.45, 2.75) is 24.4 Å². The van der Waals surface area contributed by atoms with Crippen molar-refractivity contribution in [1.82, 2.24) is 0 Å². The van der Waals surface area contributed by atoms with Crippen LogP contribution in [0.1, 0.15) is 34.8 Å². The third-order valence-corrected chi connectivity index (χ3v) is 7.58. The third-order valence-electron chi connectivity index (χ3n) is 5.88. The molecule has 1 aliphatic rings. The van der Waals surface area contributed by atoms with Crippen molar-refractivity contribution in [3.05, 3.63) is 93.3 Å². The summed E-state index contributed by atoms with van der Waals surface area (Å²) in [6, 6.07) is 16.7. The Morgan fingerprint density at radius 3 is 2.11 bits per heavy atom. The molecule has 0 aliphatic carbocycles. The first kappa shape index (κ1) is 27.0. The van der Waals surface area contributed by atoms with E-state index in [0.29, 0.717) is 11.3 Å². The fourth-order valence-corrected chi connectivity index (χ4v) is 4.88. The zero-order valence-electron chi connectivity index (χ0n) is 18.8. The Labute approximate surface area is 223 Å². The van der Waals surface area contributed by atoms with E-state index >= 15 is 0 Å². The van der Waals surface area contributed by atoms with Gasteiger partial charge in [-0.3, -0.25) is 9.59 Å². The van der Waals surface area contributed by atoms with E-state index < -0.39 is 39.2 Å². The molecule has 0 spiro atoms. The Bertz CT molecular complexity index is 1410. The van der Waals surface area contributed by atoms with E-state index in [1.165, 1.54) is 41.3 Å². The molecule has 1 aliphatic heterocycles. The number of hydrogen-bond donors (Lipinski definition) is 0. The molecule has 0 radical (unpaired) electrons. The molecule has 3 aromatic rings. The van der Waals surface area contributed by atoms with Crippen LogP contribution < -0.4 is 9.08 Å². The van der Waals surface area contributed by atoms with Gasteiger partial charge in [-0.05, 0) is 95.2 Å². The summed E-state index contributed by atoms with van der Waals surface area (Å²) in [5, 5.41) is 0. The Balaban J connectivity index is 1.54. The minimum absolute atomic E-state index is 0.0544. The van der Waals surface area contributed by atoms with Crippen LogP contribution in [0.5, 0.6) is 5.75 Å². The molecule has 194 valence electrons. The van der Waals surface area contributed by atoms with Crippen molar-refractivity contribution in [1.29, 1.82) is 0 Å². The molecule has 2 atom stereocenters. The molecule has 12 heteroatoms. The number of anilines is 1. The molecular weight excluding hydrogens is 629 g/mol. The molecule has 6 nitrogen and oxygen atoms in total. The number of alkyl halides is 3. The third kappa shape index (κ3) is 5.79. The number of benzene rings is 3. The lowest BCUT2D eigenvalue weighted by Gasteiger charge is -2.47. The standard InChI is InChI=1S/C25H18F4INO5S/c26-17-5-1-15(2-6-17)22(32)14-13-21-23(16-3-7-18(30)8-4-16)31(24(21)33)19-9-11-20(12-10-19)36-37(34,35)25(27,28)29/h1-12,21,23H,13-14H2/t21-,23-/m1/s1. The molecule has 3 aromatic carbocycles. The lowest BCUT2D eigenvalue weighted by Crippen LogP contribution is -2.55. The average molecular weight is 647 g/mol. The highest BCUT2D eigenvalue weighted by Gasteiger charge is 2.49. The van der Waals surface area contributed by atoms with Gasteiger partial charge in [0.05, 0.1) is 12.0 Å². The number of halogens is 5. The smallest absolute Gasteiger partial charge is 0.376 e. The second kappa shape index (κ2) is 10.4. The first-order valence-corrected chi connectivity index (χ1v) is 13.3. The van der Waals surface area contributed by atoms with Gasteiger partial charge in [0.1, 0.15) is 11.6 Å². The van der Waals surface area contributed by atoms with Gasteiger partial charge in [-0.2, -0.15) is 21.6 Å². The van der Waals surface area contributed by atoms with Crippen molar-refractivity contribution < 1.29 is 39.8 Å². The molecule has 0 saturated carbocycles. The van der Waals surface area contributed by atoms with Gasteiger partial charge in [-0.25, -0.2) is 4.39 Å². The minimum atomic E-state index is -5.83. The molecule has 0 N–H and O–H groups in total. The van der Waals surface area contributed by atoms with Crippen molar-refractivity contribution in [2.24, 2.45) is 5.92 Å². The molecule has 4 rings (SSSR count). The van der Waals surface area contributed by atoms with Crippen LogP contribution in [0.25, 0.3) is 0 Å². The maximum Gasteiger partial charge on any atom is 0.534 e. The number of ketones is 1. The molecular formula is C25H18F4INO5S. The second-order valence-corrected chi connectivity index (χ2v) is 11.0. The molecule has 0 unspecified atom stereocenters. The van der Waals surface area contributed by atoms with Gasteiger partial charge >= 0.3 is 15.6 Å². The zero-order chi connectivity index (χ0) is 27.0. The van der Waals surface area contributed by atoms with Crippen LogP contribution in [-0.4, -0.2) is 25.6 Å². The lowest BCUT2D eigenvalue weighted by atomic mass is 9.78. The summed E-state index contributed by atoms with van der Waals surface area (Å²) in [5.74, 6) is -2.10. The number of Topliss-reactive ketones (excluding diaryl/α,β-unsaturated/α-hetero) is 1. The van der Waals surface area contributed by atoms with Crippen molar-refractivity contribution >= 4 is 50.1 Å². The molecule has 1 amide bonds. The summed E-state index contributed by atoms with van der Waals surface area (Å²) >= 11 is 2.13. The van der Waals surface area contributed by atoms with Gasteiger partial charge in [0.15, 0.2) is 5.78 Å². The van der Waals surface area contributed by atoms with Gasteiger partial charge in [0.2, 0.25) is 5.91 Å². The van der Waals surface area contributed by atoms with Crippen molar-refractivity contribution in [3.8, 4) is 5.75 Å². The Hall–Kier alpha value is -3.00. The van der Waals surface area contributed by atoms with E-state index in [1.807, 2.05) is 24.3 Å². The summed E-state index contributed by atoms with van der Waals surface area (Å²) < 4.78 is 78.6. The normalized spacial score (nSPS) is 17.9. The maximum atomic E-state index is 13.2. The quantitative estimate of drug-likeness (QED) is 0.0746. The van der Waals surface area contributed by atoms with Gasteiger partial charge < -0.3 is 9.08 Å². The molecule has 1 saturated heterocycles. The monoisotopic (exact) mass is 647 g/mol. The van der Waals surface area contributed by atoms with E-state index in [0.717, 1.165) is 21.3 Å². The van der Waals surface area contributed by atoms with Crippen molar-refractivity contribution in [2.75, 3.05) is 4.90 Å². The fourth-order valence-electron chi connectivity index (χ4n) is 4.06. The van der Waals surface area contributed by atoms with Crippen LogP contribution in [0.3, 0.4) is 0 Å². The Kier molecular flexibility index (Phi) is 7.60. The van der Waals surface area contributed by atoms with Gasteiger partial charge in [0, 0.05) is 21.2 Å². The largest absolute Gasteiger partial charge is 0.534 e. The molecule has 0 aromatic heterocycles. The van der Waals surface area contributed by atoms with Gasteiger partial charge in [0.25, 0.3) is 0 Å². The molecule has 1 heterocycles. The van der Waals surface area contributed by atoms with Gasteiger partial charge in [-0.1, -0.05) is 12.1 Å². The van der Waals surface area contributed by atoms with E-state index in [1.54, 1.807) is 0 Å². The number of carbonyl (C=O) groups is 2. The number of amides is 1. The molecule has 0 bridgehead atoms. The minimum Gasteiger partial charge on any atom is -0.376 e. The summed E-state index contributed by atoms with van der Waals surface area (Å²) in [5.41, 5.74) is -4.13. The lowest BCUT2D eigenvalue weighted by molar-refractivity contribution is -0.130. The highest BCUT2D eigenvalue weighted by Crippen LogP contribution is 2.46. The summed E-state index contributed by atoms with van der Waals surface area (Å²) in [6.45, 7) is 0. The fraction of sp³-hybridized carbons (Fsp3) is 0.200. The zero-order valence-corrected chi connectivity index (χ0v) is 21.8. The van der Waals surface area contributed by atoms with E-state index in [2.05, 4.69) is 26.8 Å². The first-order chi connectivity index (χ1) is 17.4. The number of rotatable bonds is 8. The van der Waals surface area contributed by atoms with Crippen LogP contribution in [0.2, 0.25) is 0 Å². The van der Waals surface area contributed by atoms with Crippen LogP contribution in [0.15, 0.2) is 72.8 Å². The van der Waals surface area contributed by atoms with Crippen LogP contribution in [0, 0.1) is 15.3 Å². The van der Waals surface area contributed by atoms with Crippen molar-refractivity contribution in [3.63, 3.8) is 0 Å². The summed E-state index contributed by atoms with van der Waals surface area (Å²) in [7, 11) is -5.83. The highest BCUT2D eigenvalue weighted by atomic mass is 127. The predicted molar refractivity (Wildman–Crippen MR) is 135 cm³/mol. The maximum absolute atomic E-state index is 13.2. The van der Waals surface area contributed by atoms with Crippen LogP contribution in [0.4, 0.5) is 23.2 Å². The van der Waals surface area contributed by atoms with Gasteiger partial charge in [-0.15, -0.1) is 0 Å². The average Bonchev–Trinajstić information content (AvgIpc) is 2.83. The van der Waals surface area contributed by atoms with E-state index in [4.69, 9.17) is 0 Å². The SMILES string of the molecule is O=C(CC[C@H]1C(=O)N(c2ccc(OS(=O)(=O)C(F)(F)F)cc2)[C@@H]1c1ccc(I)cc1)c1ccc(F)cc1. The Morgan fingerprint density at radius 2 is 1.54 bits per heavy atom. The van der Waals surface area contributed by atoms with E-state index in [9.17, 15) is 35.6 Å². The molecule has 1 fully saturated rings. The number of nitrogens with zero attached hydrogens (tertiary/aromatic N) is 1. The summed E-state index contributed by atoms with van der Waals surface area (Å²) in [6.07, 6.45) is 0.284. The Morgan fingerprint density at radius 1 is 0.946 bits per heavy atom. The first-order valence-electron chi connectivity index (χ1n) is 10.9. The topological polar surface area (TPSA) is 80.8 Å². The highest BCUT2D eigenvalue weighted by molar-refractivity contribution is 14.1. The van der Waals surface area contributed by atoms with Crippen LogP contribution in [-0.2, 0) is 14.9 Å². The number of β-lactam (4-membered cyclic amide) rings is 1. The number of carbonyl (C=O) groups excluding carboxylic acids is 2. The predicted octanol–water partition coefficient (Wildman–Crippen LogP) is 6.03. The number of hydrogen-bond acceptors (Lipinski definition) is 5. The molecule has 37 heavy (non-hydrogen) atoms. The van der Waals surface area contributed by atoms with E-state index in [-0.39, 0.29) is 24.5 Å².